The molecule has 12 heavy (non-hydrogen) atoms. The fourth-order valence-corrected chi connectivity index (χ4v) is 2.72. The van der Waals surface area contributed by atoms with Gasteiger partial charge in [0.15, 0.2) is 0 Å². The summed E-state index contributed by atoms with van der Waals surface area (Å²) in [5.41, 5.74) is 0. The zero-order chi connectivity index (χ0) is 8.97. The van der Waals surface area contributed by atoms with E-state index in [0.717, 1.165) is 12.0 Å². The molecule has 1 N–H and O–H groups in total. The van der Waals surface area contributed by atoms with Crippen molar-refractivity contribution in [3.63, 3.8) is 0 Å². The van der Waals surface area contributed by atoms with Crippen LogP contribution in [0.25, 0.3) is 0 Å². The molecule has 1 rings (SSSR count). The van der Waals surface area contributed by atoms with Crippen molar-refractivity contribution in [3.8, 4) is 0 Å². The fraction of sp³-hybridized carbons (Fsp3) is 1.00. The Balaban J connectivity index is 2.19. The van der Waals surface area contributed by atoms with Crippen molar-refractivity contribution in [2.24, 2.45) is 5.92 Å². The average Bonchev–Trinajstić information content (AvgIpc) is 2.55. The van der Waals surface area contributed by atoms with Gasteiger partial charge in [-0.15, -0.1) is 0 Å². The molecule has 1 heterocycles. The van der Waals surface area contributed by atoms with Crippen molar-refractivity contribution in [2.75, 3.05) is 11.5 Å². The Kier molecular flexibility index (Phi) is 4.44. The van der Waals surface area contributed by atoms with Gasteiger partial charge in [0.2, 0.25) is 0 Å². The topological polar surface area (TPSA) is 12.0 Å². The van der Waals surface area contributed by atoms with Crippen molar-refractivity contribution < 1.29 is 0 Å². The molecule has 0 aromatic heterocycles. The molecular weight excluding hydrogens is 166 g/mol. The maximum absolute atomic E-state index is 3.71. The van der Waals surface area contributed by atoms with Crippen LogP contribution >= 0.6 is 11.8 Å². The third-order valence-corrected chi connectivity index (χ3v) is 4.09. The predicted molar refractivity (Wildman–Crippen MR) is 57.8 cm³/mol. The van der Waals surface area contributed by atoms with Gasteiger partial charge in [-0.1, -0.05) is 20.3 Å². The molecule has 1 nitrogen and oxygen atoms in total. The highest BCUT2D eigenvalue weighted by Crippen LogP contribution is 2.19. The van der Waals surface area contributed by atoms with Gasteiger partial charge in [0.25, 0.3) is 0 Å². The van der Waals surface area contributed by atoms with Crippen LogP contribution in [0.5, 0.6) is 0 Å². The van der Waals surface area contributed by atoms with E-state index in [0.29, 0.717) is 6.04 Å². The van der Waals surface area contributed by atoms with E-state index in [1.807, 2.05) is 0 Å². The highest BCUT2D eigenvalue weighted by Gasteiger charge is 2.19. The van der Waals surface area contributed by atoms with E-state index < -0.39 is 0 Å². The fourth-order valence-electron chi connectivity index (χ4n) is 1.56. The molecular formula is C10H21NS. The van der Waals surface area contributed by atoms with Crippen LogP contribution in [-0.2, 0) is 0 Å². The Bertz CT molecular complexity index is 121. The van der Waals surface area contributed by atoms with Crippen LogP contribution in [0.4, 0.5) is 0 Å². The Morgan fingerprint density at radius 2 is 2.25 bits per heavy atom. The monoisotopic (exact) mass is 187 g/mol. The molecule has 0 aromatic carbocycles. The molecule has 0 amide bonds. The summed E-state index contributed by atoms with van der Waals surface area (Å²) in [5, 5.41) is 3.71. The smallest absolute Gasteiger partial charge is 0.0168 e. The zero-order valence-corrected chi connectivity index (χ0v) is 9.29. The van der Waals surface area contributed by atoms with Crippen molar-refractivity contribution >= 4 is 11.8 Å². The molecule has 0 saturated carbocycles. The minimum absolute atomic E-state index is 0.693. The molecule has 1 aliphatic rings. The molecule has 0 bridgehead atoms. The quantitative estimate of drug-likeness (QED) is 0.726. The predicted octanol–water partition coefficient (Wildman–Crippen LogP) is 2.52. The Hall–Kier alpha value is 0.310. The largest absolute Gasteiger partial charge is 0.310 e. The summed E-state index contributed by atoms with van der Waals surface area (Å²) >= 11 is 2.08. The van der Waals surface area contributed by atoms with Crippen LogP contribution in [0.3, 0.4) is 0 Å². The normalized spacial score (nSPS) is 28.8. The minimum Gasteiger partial charge on any atom is -0.310 e. The second-order valence-electron chi connectivity index (χ2n) is 3.90. The van der Waals surface area contributed by atoms with Gasteiger partial charge in [0.05, 0.1) is 0 Å². The summed E-state index contributed by atoms with van der Waals surface area (Å²) in [7, 11) is 0. The van der Waals surface area contributed by atoms with Crippen LogP contribution in [-0.4, -0.2) is 23.6 Å². The first kappa shape index (κ1) is 10.4. The van der Waals surface area contributed by atoms with Gasteiger partial charge < -0.3 is 5.32 Å². The van der Waals surface area contributed by atoms with Gasteiger partial charge in [-0.25, -0.2) is 0 Å². The van der Waals surface area contributed by atoms with E-state index in [1.54, 1.807) is 0 Å². The molecule has 0 aliphatic carbocycles. The van der Waals surface area contributed by atoms with E-state index in [2.05, 4.69) is 37.8 Å². The summed E-state index contributed by atoms with van der Waals surface area (Å²) in [5.74, 6) is 3.49. The Morgan fingerprint density at radius 1 is 1.50 bits per heavy atom. The lowest BCUT2D eigenvalue weighted by molar-refractivity contribution is 0.359. The number of rotatable bonds is 4. The molecule has 0 radical (unpaired) electrons. The highest BCUT2D eigenvalue weighted by atomic mass is 32.2. The Labute approximate surface area is 80.7 Å². The molecule has 1 aliphatic heterocycles. The molecule has 2 heteroatoms. The van der Waals surface area contributed by atoms with Crippen LogP contribution < -0.4 is 5.32 Å². The van der Waals surface area contributed by atoms with Gasteiger partial charge in [-0.2, -0.15) is 11.8 Å². The van der Waals surface area contributed by atoms with Crippen LogP contribution in [0.15, 0.2) is 0 Å². The molecule has 0 spiro atoms. The maximum Gasteiger partial charge on any atom is 0.0168 e. The first-order valence-corrected chi connectivity index (χ1v) is 6.23. The molecule has 0 aromatic rings. The third-order valence-electron chi connectivity index (χ3n) is 2.93. The maximum atomic E-state index is 3.71. The summed E-state index contributed by atoms with van der Waals surface area (Å²) < 4.78 is 0. The van der Waals surface area contributed by atoms with Gasteiger partial charge in [-0.3, -0.25) is 0 Å². The lowest BCUT2D eigenvalue weighted by Gasteiger charge is -2.23. The molecule has 1 fully saturated rings. The summed E-state index contributed by atoms with van der Waals surface area (Å²) in [6.45, 7) is 6.92. The van der Waals surface area contributed by atoms with E-state index >= 15 is 0 Å². The lowest BCUT2D eigenvalue weighted by atomic mass is 10.00. The number of hydrogen-bond acceptors (Lipinski definition) is 2. The molecule has 72 valence electrons. The van der Waals surface area contributed by atoms with Crippen molar-refractivity contribution in [1.82, 2.24) is 5.32 Å². The summed E-state index contributed by atoms with van der Waals surface area (Å²) in [6.07, 6.45) is 2.65. The van der Waals surface area contributed by atoms with Gasteiger partial charge in [0.1, 0.15) is 0 Å². The highest BCUT2D eigenvalue weighted by molar-refractivity contribution is 7.99. The summed E-state index contributed by atoms with van der Waals surface area (Å²) in [4.78, 5) is 0. The lowest BCUT2D eigenvalue weighted by Crippen LogP contribution is -2.40. The first-order valence-electron chi connectivity index (χ1n) is 5.07. The first-order chi connectivity index (χ1) is 5.74. The number of hydrogen-bond donors (Lipinski definition) is 1. The van der Waals surface area contributed by atoms with Gasteiger partial charge in [-0.05, 0) is 25.0 Å². The van der Waals surface area contributed by atoms with Crippen molar-refractivity contribution in [2.45, 2.75) is 45.7 Å². The molecule has 1 saturated heterocycles. The van der Waals surface area contributed by atoms with Crippen LogP contribution in [0.2, 0.25) is 0 Å². The van der Waals surface area contributed by atoms with E-state index in [4.69, 9.17) is 0 Å². The standard InChI is InChI=1S/C10H21NS/c1-4-8(2)9(3)11-10-5-6-12-7-10/h8-11H,4-7H2,1-3H3. The average molecular weight is 187 g/mol. The molecule has 3 unspecified atom stereocenters. The van der Waals surface area contributed by atoms with Gasteiger partial charge >= 0.3 is 0 Å². The number of nitrogens with one attached hydrogen (secondary N) is 1. The Morgan fingerprint density at radius 3 is 2.75 bits per heavy atom. The third kappa shape index (κ3) is 2.98. The van der Waals surface area contributed by atoms with Crippen molar-refractivity contribution in [3.05, 3.63) is 0 Å². The van der Waals surface area contributed by atoms with Crippen molar-refractivity contribution in [1.29, 1.82) is 0 Å². The summed E-state index contributed by atoms with van der Waals surface area (Å²) in [6, 6.07) is 1.48. The van der Waals surface area contributed by atoms with Gasteiger partial charge in [0, 0.05) is 17.8 Å². The number of thioether (sulfide) groups is 1. The van der Waals surface area contributed by atoms with Crippen LogP contribution in [0.1, 0.15) is 33.6 Å². The minimum atomic E-state index is 0.693. The zero-order valence-electron chi connectivity index (χ0n) is 8.47. The second kappa shape index (κ2) is 5.13. The SMILES string of the molecule is CCC(C)C(C)NC1CCSC1. The van der Waals surface area contributed by atoms with Crippen LogP contribution in [0, 0.1) is 5.92 Å². The molecule has 3 atom stereocenters. The van der Waals surface area contributed by atoms with E-state index in [-0.39, 0.29) is 0 Å². The van der Waals surface area contributed by atoms with E-state index in [9.17, 15) is 0 Å². The second-order valence-corrected chi connectivity index (χ2v) is 5.05. The van der Waals surface area contributed by atoms with E-state index in [1.165, 1.54) is 24.3 Å².